The van der Waals surface area contributed by atoms with Crippen LogP contribution in [0.4, 0.5) is 0 Å². The van der Waals surface area contributed by atoms with Gasteiger partial charge in [0.15, 0.2) is 0 Å². The molecule has 0 N–H and O–H groups in total. The Labute approximate surface area is 331 Å². The molecule has 0 fully saturated rings. The number of hydrogen-bond donors (Lipinski definition) is 0. The largest absolute Gasteiger partial charge is 1.00 e. The van der Waals surface area contributed by atoms with Crippen LogP contribution < -0.4 is 24.8 Å². The first-order valence-electron chi connectivity index (χ1n) is 18.4. The number of fused-ring (bicyclic) bond motifs is 3. The summed E-state index contributed by atoms with van der Waals surface area (Å²) in [6.45, 7) is 11.4. The molecule has 0 saturated carbocycles. The Kier molecular flexibility index (Phi) is 20.9. The molecule has 6 rings (SSSR count). The zero-order valence-electron chi connectivity index (χ0n) is 31.1. The summed E-state index contributed by atoms with van der Waals surface area (Å²) in [5.74, 6) is 0. The van der Waals surface area contributed by atoms with E-state index in [4.69, 9.17) is 0 Å². The standard InChI is InChI=1S/C33H33.C9H18.C5H5.2ClH.Zr/c1-4-5-16-30-24(3)28(19-26-14-10-7-11-15-26)21-33-31-20-27(18-25-12-8-6-9-13-25)23(2)17-29(31)22-32(30)33;1-3-5-7-9-8-6-4-2;1-2-4-5-3-1;;;/h6-15,17,20-22H,4-5,16,18-19H2,1-3H3;3-8H2,1-2H3;1-3H,4H2;2*1H;/q-1;;-1;;;+2/p-2. The second-order valence-corrected chi connectivity index (χ2v) is 15.1. The van der Waals surface area contributed by atoms with Crippen LogP contribution in [0, 0.1) is 19.9 Å². The van der Waals surface area contributed by atoms with Crippen molar-refractivity contribution in [3.8, 4) is 0 Å². The van der Waals surface area contributed by atoms with Crippen molar-refractivity contribution in [3.63, 3.8) is 0 Å². The molecule has 1 aliphatic rings. The van der Waals surface area contributed by atoms with E-state index in [1.54, 1.807) is 33.0 Å². The fourth-order valence-corrected chi connectivity index (χ4v) is 7.39. The summed E-state index contributed by atoms with van der Waals surface area (Å²) in [6.07, 6.45) is 23.9. The van der Waals surface area contributed by atoms with Gasteiger partial charge in [0, 0.05) is 0 Å². The summed E-state index contributed by atoms with van der Waals surface area (Å²) < 4.78 is 1.79. The predicted molar refractivity (Wildman–Crippen MR) is 209 cm³/mol. The maximum atomic E-state index is 2.99. The molecule has 0 radical (unpaired) electrons. The summed E-state index contributed by atoms with van der Waals surface area (Å²) in [6, 6.07) is 31.6. The van der Waals surface area contributed by atoms with Crippen molar-refractivity contribution in [3.05, 3.63) is 148 Å². The van der Waals surface area contributed by atoms with Crippen LogP contribution >= 0.6 is 0 Å². The van der Waals surface area contributed by atoms with Gasteiger partial charge in [-0.2, -0.15) is 6.08 Å². The van der Waals surface area contributed by atoms with Crippen LogP contribution in [0.2, 0.25) is 0 Å². The molecule has 264 valence electrons. The van der Waals surface area contributed by atoms with Crippen molar-refractivity contribution < 1.29 is 49.0 Å². The van der Waals surface area contributed by atoms with Crippen molar-refractivity contribution >= 4 is 24.8 Å². The number of aryl methyl sites for hydroxylation is 2. The molecule has 3 heteroatoms. The first-order valence-corrected chi connectivity index (χ1v) is 19.7. The van der Waals surface area contributed by atoms with Gasteiger partial charge < -0.3 is 24.8 Å². The Balaban J connectivity index is 0.000000427. The van der Waals surface area contributed by atoms with Crippen molar-refractivity contribution in [1.82, 2.24) is 0 Å². The average Bonchev–Trinajstić information content (AvgIpc) is 3.80. The molecule has 0 aliphatic heterocycles. The second-order valence-electron chi connectivity index (χ2n) is 13.4. The van der Waals surface area contributed by atoms with Crippen LogP contribution in [0.15, 0.2) is 103 Å². The molecule has 50 heavy (non-hydrogen) atoms. The molecule has 0 spiro atoms. The van der Waals surface area contributed by atoms with Crippen LogP contribution in [0.3, 0.4) is 0 Å². The van der Waals surface area contributed by atoms with E-state index in [1.807, 2.05) is 12.2 Å². The smallest absolute Gasteiger partial charge is 0.00358 e. The van der Waals surface area contributed by atoms with Crippen LogP contribution in [-0.2, 0) is 43.5 Å². The Bertz CT molecular complexity index is 1760. The Hall–Kier alpha value is -2.44. The minimum atomic E-state index is 0. The minimum Gasteiger partial charge on any atom is -1.00 e. The number of rotatable bonds is 13. The second kappa shape index (κ2) is 23.9. The molecule has 0 heterocycles. The van der Waals surface area contributed by atoms with Crippen molar-refractivity contribution in [1.29, 1.82) is 0 Å². The van der Waals surface area contributed by atoms with Gasteiger partial charge in [-0.15, -0.1) is 45.7 Å². The maximum absolute atomic E-state index is 2.99. The molecule has 0 amide bonds. The third kappa shape index (κ3) is 13.3. The van der Waals surface area contributed by atoms with Crippen molar-refractivity contribution in [2.45, 2.75) is 112 Å². The zero-order valence-corrected chi connectivity index (χ0v) is 35.0. The number of benzene rings is 4. The van der Waals surface area contributed by atoms with Crippen LogP contribution in [0.25, 0.3) is 21.5 Å². The molecule has 5 aromatic rings. The monoisotopic (exact) mass is 780 g/mol. The van der Waals surface area contributed by atoms with Gasteiger partial charge in [0.2, 0.25) is 0 Å². The molecule has 5 aromatic carbocycles. The quantitative estimate of drug-likeness (QED) is 0.111. The van der Waals surface area contributed by atoms with Gasteiger partial charge in [-0.05, 0) is 37.8 Å². The fraction of sp³-hybridized carbons (Fsp3) is 0.362. The number of halogens is 2. The third-order valence-corrected chi connectivity index (χ3v) is 10.7. The third-order valence-electron chi connectivity index (χ3n) is 9.47. The predicted octanol–water partition coefficient (Wildman–Crippen LogP) is 7.25. The number of hydrogen-bond acceptors (Lipinski definition) is 0. The fourth-order valence-electron chi connectivity index (χ4n) is 6.52. The Morgan fingerprint density at radius 1 is 0.720 bits per heavy atom. The molecule has 0 saturated heterocycles. The molecule has 1 aliphatic carbocycles. The normalized spacial score (nSPS) is 11.3. The van der Waals surface area contributed by atoms with Crippen molar-refractivity contribution in [2.75, 3.05) is 0 Å². The maximum Gasteiger partial charge on any atom is -0.00358 e. The molecule has 0 aromatic heterocycles. The van der Waals surface area contributed by atoms with E-state index < -0.39 is 0 Å². The minimum absolute atomic E-state index is 0. The average molecular weight is 783 g/mol. The van der Waals surface area contributed by atoms with E-state index in [9.17, 15) is 0 Å². The van der Waals surface area contributed by atoms with E-state index in [2.05, 4.69) is 132 Å². The summed E-state index contributed by atoms with van der Waals surface area (Å²) in [7, 11) is 0. The number of allylic oxidation sites excluding steroid dienone is 4. The van der Waals surface area contributed by atoms with E-state index >= 15 is 0 Å². The Morgan fingerprint density at radius 3 is 1.78 bits per heavy atom. The van der Waals surface area contributed by atoms with E-state index in [-0.39, 0.29) is 24.8 Å². The molecular weight excluding hydrogens is 727 g/mol. The van der Waals surface area contributed by atoms with Crippen LogP contribution in [-0.4, -0.2) is 3.21 Å². The summed E-state index contributed by atoms with van der Waals surface area (Å²) in [5, 5.41) is 5.69. The van der Waals surface area contributed by atoms with E-state index in [1.165, 1.54) is 106 Å². The first-order chi connectivity index (χ1) is 23.4. The van der Waals surface area contributed by atoms with Gasteiger partial charge in [0.1, 0.15) is 0 Å². The van der Waals surface area contributed by atoms with Crippen molar-refractivity contribution in [2.24, 2.45) is 0 Å². The zero-order chi connectivity index (χ0) is 34.1. The Morgan fingerprint density at radius 2 is 1.28 bits per heavy atom. The van der Waals surface area contributed by atoms with Gasteiger partial charge in [-0.3, -0.25) is 6.08 Å². The molecule has 0 nitrogen and oxygen atoms in total. The van der Waals surface area contributed by atoms with Gasteiger partial charge in [0.25, 0.3) is 0 Å². The van der Waals surface area contributed by atoms with Gasteiger partial charge in [0.05, 0.1) is 0 Å². The number of unbranched alkanes of at least 4 members (excludes halogenated alkanes) is 3. The van der Waals surface area contributed by atoms with E-state index in [0.717, 1.165) is 25.7 Å². The van der Waals surface area contributed by atoms with Crippen LogP contribution in [0.5, 0.6) is 0 Å². The molecular formula is C47H56Cl2Zr-2. The summed E-state index contributed by atoms with van der Waals surface area (Å²) >= 11 is 1.67. The van der Waals surface area contributed by atoms with E-state index in [0.29, 0.717) is 0 Å². The molecule has 0 bridgehead atoms. The van der Waals surface area contributed by atoms with Gasteiger partial charge in [-0.1, -0.05) is 121 Å². The molecule has 0 atom stereocenters. The summed E-state index contributed by atoms with van der Waals surface area (Å²) in [5.41, 5.74) is 10.1. The van der Waals surface area contributed by atoms with Gasteiger partial charge in [-0.25, -0.2) is 12.2 Å². The summed E-state index contributed by atoms with van der Waals surface area (Å²) in [4.78, 5) is 0. The topological polar surface area (TPSA) is 0 Å². The SMILES string of the molecule is CCCC[C](=[Zr+2])CCCC.CCCCc1c(C)c(Cc2ccccc2)cc2c1[cH-]c1cc(C)c(Cc3ccccc3)cc12.[C-]1=CC=CC1.[Cl-].[Cl-]. The first kappa shape index (κ1) is 43.7. The van der Waals surface area contributed by atoms with Gasteiger partial charge >= 0.3 is 79.8 Å². The van der Waals surface area contributed by atoms with Crippen LogP contribution in [0.1, 0.15) is 118 Å². The molecule has 0 unspecified atom stereocenters.